The van der Waals surface area contributed by atoms with Crippen LogP contribution in [0.3, 0.4) is 0 Å². The third-order valence-electron chi connectivity index (χ3n) is 5.50. The van der Waals surface area contributed by atoms with Gasteiger partial charge in [0.25, 0.3) is 0 Å². The fraction of sp³-hybridized carbons (Fsp3) is 0.276. The van der Waals surface area contributed by atoms with Crippen LogP contribution in [0.15, 0.2) is 72.8 Å². The average Bonchev–Trinajstić information content (AvgIpc) is 2.86. The van der Waals surface area contributed by atoms with Gasteiger partial charge in [0.15, 0.2) is 6.10 Å². The topological polar surface area (TPSA) is 44.8 Å². The maximum absolute atomic E-state index is 12.1. The molecule has 0 saturated carbocycles. The minimum absolute atomic E-state index is 0.334. The maximum atomic E-state index is 12.1. The number of hydrogen-bond donors (Lipinski definition) is 0. The Morgan fingerprint density at radius 3 is 2.31 bits per heavy atom. The van der Waals surface area contributed by atoms with Crippen molar-refractivity contribution in [1.82, 2.24) is 0 Å². The molecule has 0 N–H and O–H groups in total. The highest BCUT2D eigenvalue weighted by atomic mass is 35.5. The maximum Gasteiger partial charge on any atom is 0.335 e. The average molecular weight is 513 g/mol. The fourth-order valence-corrected chi connectivity index (χ4v) is 4.01. The van der Waals surface area contributed by atoms with Crippen LogP contribution in [-0.4, -0.2) is 31.9 Å². The molecule has 3 aromatic rings. The van der Waals surface area contributed by atoms with Crippen LogP contribution in [0.1, 0.15) is 31.9 Å². The molecule has 0 heterocycles. The van der Waals surface area contributed by atoms with E-state index in [1.165, 1.54) is 0 Å². The quantitative estimate of drug-likeness (QED) is 0.247. The van der Waals surface area contributed by atoms with Crippen LogP contribution in [0.2, 0.25) is 10.0 Å². The molecule has 35 heavy (non-hydrogen) atoms. The summed E-state index contributed by atoms with van der Waals surface area (Å²) in [6.07, 6.45) is 1.90. The molecule has 0 aliphatic rings. The van der Waals surface area contributed by atoms with E-state index in [0.29, 0.717) is 36.3 Å². The molecule has 3 aromatic carbocycles. The summed E-state index contributed by atoms with van der Waals surface area (Å²) < 4.78 is 16.5. The van der Waals surface area contributed by atoms with Crippen molar-refractivity contribution in [2.45, 2.75) is 33.3 Å². The third-order valence-corrected chi connectivity index (χ3v) is 6.32. The van der Waals surface area contributed by atoms with Gasteiger partial charge in [0.1, 0.15) is 12.4 Å². The van der Waals surface area contributed by atoms with Gasteiger partial charge in [0, 0.05) is 18.6 Å². The van der Waals surface area contributed by atoms with Gasteiger partial charge in [-0.1, -0.05) is 71.7 Å². The van der Waals surface area contributed by atoms with Gasteiger partial charge < -0.3 is 14.2 Å². The number of rotatable bonds is 11. The first-order chi connectivity index (χ1) is 16.9. The van der Waals surface area contributed by atoms with Crippen molar-refractivity contribution in [3.8, 4) is 16.9 Å². The molecule has 0 aromatic heterocycles. The van der Waals surface area contributed by atoms with Crippen LogP contribution in [0, 0.1) is 0 Å². The number of esters is 1. The number of halogens is 2. The SMILES string of the molecule is CCOC(=O)[C@H](Cc1ccc(OCC=C(C)c2ccc(-c3cccc(Cl)c3Cl)cc2)cc1)OCC. The van der Waals surface area contributed by atoms with Crippen LogP contribution in [0.5, 0.6) is 5.75 Å². The second-order valence-electron chi connectivity index (χ2n) is 7.92. The number of hydrogen-bond acceptors (Lipinski definition) is 4. The van der Waals surface area contributed by atoms with Crippen LogP contribution in [0.4, 0.5) is 0 Å². The second-order valence-corrected chi connectivity index (χ2v) is 8.71. The predicted molar refractivity (Wildman–Crippen MR) is 143 cm³/mol. The molecule has 0 amide bonds. The summed E-state index contributed by atoms with van der Waals surface area (Å²) in [5.74, 6) is 0.423. The second kappa shape index (κ2) is 13.3. The minimum Gasteiger partial charge on any atom is -0.490 e. The lowest BCUT2D eigenvalue weighted by molar-refractivity contribution is -0.156. The summed E-state index contributed by atoms with van der Waals surface area (Å²) in [7, 11) is 0. The van der Waals surface area contributed by atoms with Crippen molar-refractivity contribution in [3.05, 3.63) is 94.0 Å². The summed E-state index contributed by atoms with van der Waals surface area (Å²) in [6, 6.07) is 21.5. The Bertz CT molecular complexity index is 1140. The summed E-state index contributed by atoms with van der Waals surface area (Å²) >= 11 is 12.5. The van der Waals surface area contributed by atoms with Gasteiger partial charge in [0.05, 0.1) is 16.7 Å². The van der Waals surface area contributed by atoms with Crippen molar-refractivity contribution in [1.29, 1.82) is 0 Å². The molecule has 3 rings (SSSR count). The number of ether oxygens (including phenoxy) is 3. The zero-order chi connectivity index (χ0) is 25.2. The Balaban J connectivity index is 1.57. The lowest BCUT2D eigenvalue weighted by Gasteiger charge is -2.15. The Hall–Kier alpha value is -2.79. The van der Waals surface area contributed by atoms with Gasteiger partial charge in [-0.3, -0.25) is 0 Å². The normalized spacial score (nSPS) is 12.3. The molecule has 0 aliphatic carbocycles. The van der Waals surface area contributed by atoms with Gasteiger partial charge in [0.2, 0.25) is 0 Å². The van der Waals surface area contributed by atoms with E-state index in [4.69, 9.17) is 37.4 Å². The van der Waals surface area contributed by atoms with Gasteiger partial charge in [-0.2, -0.15) is 0 Å². The Kier molecular flexibility index (Phi) is 10.2. The number of benzene rings is 3. The minimum atomic E-state index is -0.599. The molecular formula is C29H30Cl2O4. The van der Waals surface area contributed by atoms with Gasteiger partial charge in [-0.05, 0) is 67.3 Å². The van der Waals surface area contributed by atoms with E-state index in [-0.39, 0.29) is 5.97 Å². The lowest BCUT2D eigenvalue weighted by Crippen LogP contribution is -2.28. The number of allylic oxidation sites excluding steroid dienone is 1. The van der Waals surface area contributed by atoms with E-state index in [9.17, 15) is 4.79 Å². The van der Waals surface area contributed by atoms with E-state index in [1.54, 1.807) is 13.0 Å². The molecule has 4 nitrogen and oxygen atoms in total. The predicted octanol–water partition coefficient (Wildman–Crippen LogP) is 7.65. The largest absolute Gasteiger partial charge is 0.490 e. The molecule has 0 radical (unpaired) electrons. The van der Waals surface area contributed by atoms with Gasteiger partial charge in [-0.25, -0.2) is 4.79 Å². The summed E-state index contributed by atoms with van der Waals surface area (Å²) in [5.41, 5.74) is 5.12. The first-order valence-corrected chi connectivity index (χ1v) is 12.4. The zero-order valence-electron chi connectivity index (χ0n) is 20.2. The fourth-order valence-electron chi connectivity index (χ4n) is 3.60. The lowest BCUT2D eigenvalue weighted by atomic mass is 10.0. The zero-order valence-corrected chi connectivity index (χ0v) is 21.7. The first-order valence-electron chi connectivity index (χ1n) is 11.6. The summed E-state index contributed by atoms with van der Waals surface area (Å²) in [6.45, 7) is 6.93. The Morgan fingerprint density at radius 2 is 1.66 bits per heavy atom. The molecule has 0 saturated heterocycles. The first kappa shape index (κ1) is 26.8. The summed E-state index contributed by atoms with van der Waals surface area (Å²) in [5, 5.41) is 1.10. The standard InChI is InChI=1S/C29H30Cl2O4/c1-4-33-27(29(32)34-5-2)19-21-9-15-24(16-10-21)35-18-17-20(3)22-11-13-23(14-12-22)25-7-6-8-26(30)28(25)31/h6-17,27H,4-5,18-19H2,1-3H3/t27-/m0/s1. The van der Waals surface area contributed by atoms with Crippen LogP contribution in [-0.2, 0) is 20.7 Å². The van der Waals surface area contributed by atoms with Gasteiger partial charge in [-0.15, -0.1) is 0 Å². The van der Waals surface area contributed by atoms with Crippen molar-refractivity contribution >= 4 is 34.7 Å². The van der Waals surface area contributed by atoms with Crippen molar-refractivity contribution in [3.63, 3.8) is 0 Å². The van der Waals surface area contributed by atoms with Crippen LogP contribution < -0.4 is 4.74 Å². The van der Waals surface area contributed by atoms with Gasteiger partial charge >= 0.3 is 5.97 Å². The van der Waals surface area contributed by atoms with E-state index in [2.05, 4.69) is 19.1 Å². The molecule has 0 unspecified atom stereocenters. The van der Waals surface area contributed by atoms with E-state index in [0.717, 1.165) is 33.6 Å². The van der Waals surface area contributed by atoms with Crippen molar-refractivity contribution in [2.75, 3.05) is 19.8 Å². The molecule has 184 valence electrons. The van der Waals surface area contributed by atoms with Crippen molar-refractivity contribution < 1.29 is 19.0 Å². The Labute approximate surface area is 217 Å². The molecule has 0 aliphatic heterocycles. The summed E-state index contributed by atoms with van der Waals surface area (Å²) in [4.78, 5) is 12.1. The van der Waals surface area contributed by atoms with E-state index >= 15 is 0 Å². The van der Waals surface area contributed by atoms with Crippen molar-refractivity contribution in [2.24, 2.45) is 0 Å². The number of carbonyl (C=O) groups is 1. The molecular weight excluding hydrogens is 483 g/mol. The highest BCUT2D eigenvalue weighted by Gasteiger charge is 2.20. The third kappa shape index (κ3) is 7.60. The molecule has 0 fully saturated rings. The van der Waals surface area contributed by atoms with E-state index in [1.807, 2.05) is 61.5 Å². The number of carbonyl (C=O) groups excluding carboxylic acids is 1. The van der Waals surface area contributed by atoms with Crippen LogP contribution in [0.25, 0.3) is 16.7 Å². The highest BCUT2D eigenvalue weighted by molar-refractivity contribution is 6.43. The molecule has 1 atom stereocenters. The highest BCUT2D eigenvalue weighted by Crippen LogP contribution is 2.33. The van der Waals surface area contributed by atoms with Crippen LogP contribution >= 0.6 is 23.2 Å². The Morgan fingerprint density at radius 1 is 0.943 bits per heavy atom. The molecule has 0 bridgehead atoms. The van der Waals surface area contributed by atoms with E-state index < -0.39 is 6.10 Å². The molecule has 6 heteroatoms. The molecule has 0 spiro atoms. The smallest absolute Gasteiger partial charge is 0.335 e. The monoisotopic (exact) mass is 512 g/mol.